The van der Waals surface area contributed by atoms with Gasteiger partial charge in [0.25, 0.3) is 0 Å². The molecule has 1 fully saturated rings. The van der Waals surface area contributed by atoms with Crippen molar-refractivity contribution in [2.24, 2.45) is 0 Å². The molecular weight excluding hydrogens is 206 g/mol. The van der Waals surface area contributed by atoms with Crippen molar-refractivity contribution in [2.75, 3.05) is 25.1 Å². The van der Waals surface area contributed by atoms with Gasteiger partial charge in [-0.25, -0.2) is 0 Å². The fraction of sp³-hybridized carbons (Fsp3) is 0.417. The zero-order chi connectivity index (χ0) is 11.2. The van der Waals surface area contributed by atoms with Gasteiger partial charge >= 0.3 is 5.97 Å². The molecule has 1 heterocycles. The number of benzene rings is 1. The second-order valence-corrected chi connectivity index (χ2v) is 3.69. The van der Waals surface area contributed by atoms with Crippen molar-refractivity contribution < 1.29 is 14.3 Å². The Morgan fingerprint density at radius 1 is 1.38 bits per heavy atom. The number of para-hydroxylation sites is 1. The normalized spacial score (nSPS) is 15.2. The summed E-state index contributed by atoms with van der Waals surface area (Å²) in [5.74, 6) is -0.170. The van der Waals surface area contributed by atoms with E-state index in [2.05, 4.69) is 5.32 Å². The predicted octanol–water partition coefficient (Wildman–Crippen LogP) is 1.43. The molecule has 1 aliphatic rings. The number of nitrogens with one attached hydrogen (secondary N) is 1. The molecular formula is C12H15NO3. The highest BCUT2D eigenvalue weighted by Gasteiger charge is 2.22. The molecule has 0 aliphatic carbocycles. The molecule has 0 amide bonds. The van der Waals surface area contributed by atoms with E-state index < -0.39 is 0 Å². The van der Waals surface area contributed by atoms with Crippen LogP contribution in [0.2, 0.25) is 0 Å². The first-order chi connectivity index (χ1) is 7.84. The van der Waals surface area contributed by atoms with Crippen LogP contribution in [0.3, 0.4) is 0 Å². The first kappa shape index (κ1) is 11.0. The van der Waals surface area contributed by atoms with Crippen LogP contribution in [0.1, 0.15) is 6.42 Å². The maximum atomic E-state index is 11.3. The van der Waals surface area contributed by atoms with Crippen molar-refractivity contribution in [1.82, 2.24) is 0 Å². The quantitative estimate of drug-likeness (QED) is 0.764. The van der Waals surface area contributed by atoms with Gasteiger partial charge < -0.3 is 14.8 Å². The third-order valence-corrected chi connectivity index (χ3v) is 2.34. The van der Waals surface area contributed by atoms with Crippen LogP contribution in [-0.4, -0.2) is 31.8 Å². The summed E-state index contributed by atoms with van der Waals surface area (Å²) >= 11 is 0. The number of anilines is 1. The molecule has 0 saturated carbocycles. The maximum Gasteiger partial charge on any atom is 0.308 e. The van der Waals surface area contributed by atoms with Gasteiger partial charge in [-0.2, -0.15) is 0 Å². The van der Waals surface area contributed by atoms with E-state index in [-0.39, 0.29) is 12.1 Å². The molecule has 2 rings (SSSR count). The molecule has 0 radical (unpaired) electrons. The minimum absolute atomic E-state index is 0.0239. The Hall–Kier alpha value is -1.55. The summed E-state index contributed by atoms with van der Waals surface area (Å²) in [5.41, 5.74) is 1.02. The summed E-state index contributed by atoms with van der Waals surface area (Å²) in [4.78, 5) is 11.3. The summed E-state index contributed by atoms with van der Waals surface area (Å²) in [6.07, 6.45) is 0.356. The van der Waals surface area contributed by atoms with Crippen LogP contribution in [0.15, 0.2) is 30.3 Å². The Labute approximate surface area is 94.6 Å². The predicted molar refractivity (Wildman–Crippen MR) is 60.2 cm³/mol. The third kappa shape index (κ3) is 3.24. The molecule has 0 bridgehead atoms. The van der Waals surface area contributed by atoms with E-state index in [1.807, 2.05) is 30.3 Å². The highest BCUT2D eigenvalue weighted by atomic mass is 16.6. The lowest BCUT2D eigenvalue weighted by Crippen LogP contribution is -2.38. The van der Waals surface area contributed by atoms with Gasteiger partial charge in [0.1, 0.15) is 6.10 Å². The van der Waals surface area contributed by atoms with Crippen LogP contribution in [0.25, 0.3) is 0 Å². The zero-order valence-electron chi connectivity index (χ0n) is 9.02. The van der Waals surface area contributed by atoms with Crippen molar-refractivity contribution in [3.05, 3.63) is 30.3 Å². The Morgan fingerprint density at radius 3 is 2.75 bits per heavy atom. The highest BCUT2D eigenvalue weighted by Crippen LogP contribution is 2.07. The van der Waals surface area contributed by atoms with Crippen molar-refractivity contribution in [2.45, 2.75) is 12.5 Å². The number of carbonyl (C=O) groups is 1. The summed E-state index contributed by atoms with van der Waals surface area (Å²) in [6, 6.07) is 9.78. The fourth-order valence-corrected chi connectivity index (χ4v) is 1.39. The molecule has 0 spiro atoms. The summed E-state index contributed by atoms with van der Waals surface area (Å²) in [6.45, 7) is 1.67. The van der Waals surface area contributed by atoms with E-state index in [4.69, 9.17) is 9.47 Å². The average molecular weight is 221 g/mol. The van der Waals surface area contributed by atoms with E-state index >= 15 is 0 Å². The number of carbonyl (C=O) groups excluding carboxylic acids is 1. The Kier molecular flexibility index (Phi) is 3.77. The second kappa shape index (κ2) is 5.51. The molecule has 4 heteroatoms. The van der Waals surface area contributed by atoms with Crippen molar-refractivity contribution in [1.29, 1.82) is 0 Å². The van der Waals surface area contributed by atoms with Crippen molar-refractivity contribution in [3.8, 4) is 0 Å². The first-order valence-corrected chi connectivity index (χ1v) is 5.41. The lowest BCUT2D eigenvalue weighted by molar-refractivity contribution is -0.171. The zero-order valence-corrected chi connectivity index (χ0v) is 9.02. The molecule has 1 saturated heterocycles. The van der Waals surface area contributed by atoms with Crippen LogP contribution in [-0.2, 0) is 14.3 Å². The van der Waals surface area contributed by atoms with Crippen LogP contribution >= 0.6 is 0 Å². The van der Waals surface area contributed by atoms with Gasteiger partial charge in [0.15, 0.2) is 0 Å². The van der Waals surface area contributed by atoms with Crippen molar-refractivity contribution >= 4 is 11.7 Å². The van der Waals surface area contributed by atoms with E-state index in [0.29, 0.717) is 26.2 Å². The number of esters is 1. The molecule has 4 nitrogen and oxygen atoms in total. The summed E-state index contributed by atoms with van der Waals surface area (Å²) < 4.78 is 10.0. The Morgan fingerprint density at radius 2 is 2.12 bits per heavy atom. The Balaban J connectivity index is 1.62. The third-order valence-electron chi connectivity index (χ3n) is 2.34. The largest absolute Gasteiger partial charge is 0.457 e. The lowest BCUT2D eigenvalue weighted by Gasteiger charge is -2.25. The van der Waals surface area contributed by atoms with Gasteiger partial charge in [0, 0.05) is 12.2 Å². The van der Waals surface area contributed by atoms with Crippen LogP contribution in [0.4, 0.5) is 5.69 Å². The van der Waals surface area contributed by atoms with Gasteiger partial charge in [0.2, 0.25) is 0 Å². The van der Waals surface area contributed by atoms with E-state index in [9.17, 15) is 4.79 Å². The number of rotatable bonds is 5. The topological polar surface area (TPSA) is 47.6 Å². The maximum absolute atomic E-state index is 11.3. The molecule has 86 valence electrons. The molecule has 1 aliphatic heterocycles. The van der Waals surface area contributed by atoms with E-state index in [1.54, 1.807) is 0 Å². The number of ether oxygens (including phenoxy) is 2. The van der Waals surface area contributed by atoms with Crippen LogP contribution in [0, 0.1) is 0 Å². The second-order valence-electron chi connectivity index (χ2n) is 3.69. The average Bonchev–Trinajstić information content (AvgIpc) is 2.25. The standard InChI is InChI=1S/C12H15NO3/c14-12(16-11-8-15-9-11)6-7-13-10-4-2-1-3-5-10/h1-5,11,13H,6-9H2. The summed E-state index contributed by atoms with van der Waals surface area (Å²) in [7, 11) is 0. The molecule has 1 N–H and O–H groups in total. The molecule has 0 unspecified atom stereocenters. The molecule has 1 aromatic rings. The van der Waals surface area contributed by atoms with Gasteiger partial charge in [-0.1, -0.05) is 18.2 Å². The molecule has 0 aromatic heterocycles. The van der Waals surface area contributed by atoms with Crippen molar-refractivity contribution in [3.63, 3.8) is 0 Å². The molecule has 1 aromatic carbocycles. The number of hydrogen-bond acceptors (Lipinski definition) is 4. The molecule has 0 atom stereocenters. The first-order valence-electron chi connectivity index (χ1n) is 5.41. The fourth-order valence-electron chi connectivity index (χ4n) is 1.39. The Bertz CT molecular complexity index is 335. The highest BCUT2D eigenvalue weighted by molar-refractivity contribution is 5.70. The monoisotopic (exact) mass is 221 g/mol. The van der Waals surface area contributed by atoms with Gasteiger partial charge in [-0.3, -0.25) is 4.79 Å². The van der Waals surface area contributed by atoms with Gasteiger partial charge in [-0.05, 0) is 12.1 Å². The number of hydrogen-bond donors (Lipinski definition) is 1. The van der Waals surface area contributed by atoms with Gasteiger partial charge in [0.05, 0.1) is 19.6 Å². The SMILES string of the molecule is O=C(CCNc1ccccc1)OC1COC1. The van der Waals surface area contributed by atoms with Crippen LogP contribution in [0.5, 0.6) is 0 Å². The summed E-state index contributed by atoms with van der Waals surface area (Å²) in [5, 5.41) is 3.15. The smallest absolute Gasteiger partial charge is 0.308 e. The van der Waals surface area contributed by atoms with Crippen LogP contribution < -0.4 is 5.32 Å². The van der Waals surface area contributed by atoms with E-state index in [0.717, 1.165) is 5.69 Å². The molecule has 16 heavy (non-hydrogen) atoms. The lowest BCUT2D eigenvalue weighted by atomic mass is 10.3. The van der Waals surface area contributed by atoms with E-state index in [1.165, 1.54) is 0 Å². The minimum atomic E-state index is -0.170. The van der Waals surface area contributed by atoms with Gasteiger partial charge in [-0.15, -0.1) is 0 Å². The minimum Gasteiger partial charge on any atom is -0.457 e.